The van der Waals surface area contributed by atoms with Crippen LogP contribution in [0.15, 0.2) is 4.99 Å². The molecule has 1 unspecified atom stereocenters. The Balaban J connectivity index is 1.76. The molecular weight excluding hydrogens is 190 g/mol. The molecule has 15 heavy (non-hydrogen) atoms. The third-order valence-electron chi connectivity index (χ3n) is 3.40. The zero-order valence-corrected chi connectivity index (χ0v) is 9.68. The summed E-state index contributed by atoms with van der Waals surface area (Å²) in [4.78, 5) is 4.39. The van der Waals surface area contributed by atoms with Crippen LogP contribution in [0.2, 0.25) is 0 Å². The van der Waals surface area contributed by atoms with Crippen LogP contribution in [0.3, 0.4) is 0 Å². The summed E-state index contributed by atoms with van der Waals surface area (Å²) < 4.78 is 5.29. The van der Waals surface area contributed by atoms with Crippen molar-refractivity contribution in [1.29, 1.82) is 0 Å². The molecule has 0 aromatic heterocycles. The normalized spacial score (nSPS) is 27.9. The molecule has 4 heteroatoms. The fraction of sp³-hybridized carbons (Fsp3) is 0.909. The lowest BCUT2D eigenvalue weighted by atomic mass is 9.69. The highest BCUT2D eigenvalue weighted by atomic mass is 16.5. The number of methoxy groups -OCH3 is 1. The van der Waals surface area contributed by atoms with Crippen molar-refractivity contribution in [3.8, 4) is 0 Å². The quantitative estimate of drug-likeness (QED) is 0.721. The van der Waals surface area contributed by atoms with Crippen molar-refractivity contribution >= 4 is 5.96 Å². The van der Waals surface area contributed by atoms with Crippen molar-refractivity contribution < 1.29 is 4.74 Å². The van der Waals surface area contributed by atoms with Gasteiger partial charge in [-0.15, -0.1) is 0 Å². The zero-order valence-electron chi connectivity index (χ0n) is 9.68. The van der Waals surface area contributed by atoms with Gasteiger partial charge in [0.25, 0.3) is 0 Å². The molecule has 86 valence electrons. The molecular formula is C11H21N3O. The van der Waals surface area contributed by atoms with Gasteiger partial charge in [0.1, 0.15) is 0 Å². The van der Waals surface area contributed by atoms with Crippen LogP contribution in [0.4, 0.5) is 0 Å². The Kier molecular flexibility index (Phi) is 3.14. The zero-order chi connectivity index (χ0) is 10.7. The number of nitrogens with zero attached hydrogens (tertiary/aromatic N) is 1. The van der Waals surface area contributed by atoms with Crippen molar-refractivity contribution in [3.05, 3.63) is 0 Å². The largest absolute Gasteiger partial charge is 0.384 e. The summed E-state index contributed by atoms with van der Waals surface area (Å²) in [5.41, 5.74) is 0.366. The molecule has 2 N–H and O–H groups in total. The molecule has 4 nitrogen and oxygen atoms in total. The van der Waals surface area contributed by atoms with Crippen LogP contribution in [0.1, 0.15) is 26.2 Å². The van der Waals surface area contributed by atoms with E-state index in [9.17, 15) is 0 Å². The van der Waals surface area contributed by atoms with E-state index in [0.717, 1.165) is 25.7 Å². The summed E-state index contributed by atoms with van der Waals surface area (Å²) in [7, 11) is 1.79. The maximum Gasteiger partial charge on any atom is 0.191 e. The van der Waals surface area contributed by atoms with E-state index in [4.69, 9.17) is 4.74 Å². The smallest absolute Gasteiger partial charge is 0.191 e. The first-order chi connectivity index (χ1) is 7.24. The van der Waals surface area contributed by atoms with E-state index in [-0.39, 0.29) is 0 Å². The van der Waals surface area contributed by atoms with Gasteiger partial charge in [0.05, 0.1) is 13.2 Å². The minimum absolute atomic E-state index is 0.366. The number of aliphatic imine (C=N–C) groups is 1. The van der Waals surface area contributed by atoms with Gasteiger partial charge in [0.2, 0.25) is 0 Å². The summed E-state index contributed by atoms with van der Waals surface area (Å²) in [5, 5.41) is 6.71. The number of rotatable bonds is 4. The van der Waals surface area contributed by atoms with E-state index in [2.05, 4.69) is 22.5 Å². The van der Waals surface area contributed by atoms with Gasteiger partial charge in [0, 0.05) is 25.1 Å². The topological polar surface area (TPSA) is 45.6 Å². The van der Waals surface area contributed by atoms with Gasteiger partial charge >= 0.3 is 0 Å². The number of guanidine groups is 1. The summed E-state index contributed by atoms with van der Waals surface area (Å²) >= 11 is 0. The molecule has 1 fully saturated rings. The first kappa shape index (κ1) is 10.7. The summed E-state index contributed by atoms with van der Waals surface area (Å²) in [6.07, 6.45) is 3.88. The Labute approximate surface area is 91.5 Å². The number of hydrogen-bond donors (Lipinski definition) is 2. The Bertz CT molecular complexity index is 248. The standard InChI is InChI=1S/C11H21N3O/c1-9-6-12-10(14-9)13-7-11(8-15-2)4-3-5-11/h9H,3-8H2,1-2H3,(H2,12,13,14). The molecule has 0 radical (unpaired) electrons. The van der Waals surface area contributed by atoms with Gasteiger partial charge in [-0.2, -0.15) is 0 Å². The molecule has 2 rings (SSSR count). The molecule has 0 aromatic carbocycles. The molecule has 1 heterocycles. The second-order valence-corrected chi connectivity index (χ2v) is 4.87. The third kappa shape index (κ3) is 2.43. The van der Waals surface area contributed by atoms with Gasteiger partial charge in [0.15, 0.2) is 5.96 Å². The number of hydrogen-bond acceptors (Lipinski definition) is 4. The lowest BCUT2D eigenvalue weighted by molar-refractivity contribution is 0.0213. The van der Waals surface area contributed by atoms with Gasteiger partial charge < -0.3 is 15.4 Å². The molecule has 1 atom stereocenters. The molecule has 0 amide bonds. The van der Waals surface area contributed by atoms with Crippen molar-refractivity contribution in [2.24, 2.45) is 10.4 Å². The van der Waals surface area contributed by atoms with Crippen molar-refractivity contribution in [3.63, 3.8) is 0 Å². The first-order valence-electron chi connectivity index (χ1n) is 5.78. The Morgan fingerprint density at radius 2 is 2.40 bits per heavy atom. The first-order valence-corrected chi connectivity index (χ1v) is 5.78. The molecule has 0 spiro atoms. The van der Waals surface area contributed by atoms with Crippen LogP contribution in [0, 0.1) is 5.41 Å². The maximum atomic E-state index is 5.29. The number of ether oxygens (including phenoxy) is 1. The molecule has 1 aliphatic heterocycles. The predicted molar refractivity (Wildman–Crippen MR) is 61.1 cm³/mol. The second-order valence-electron chi connectivity index (χ2n) is 4.87. The van der Waals surface area contributed by atoms with E-state index < -0.39 is 0 Å². The fourth-order valence-corrected chi connectivity index (χ4v) is 2.29. The molecule has 1 saturated carbocycles. The van der Waals surface area contributed by atoms with Crippen LogP contribution in [-0.4, -0.2) is 38.8 Å². The minimum Gasteiger partial charge on any atom is -0.384 e. The Morgan fingerprint density at radius 3 is 2.87 bits per heavy atom. The maximum absolute atomic E-state index is 5.29. The van der Waals surface area contributed by atoms with Crippen LogP contribution in [0.25, 0.3) is 0 Å². The van der Waals surface area contributed by atoms with Crippen LogP contribution in [0.5, 0.6) is 0 Å². The summed E-state index contributed by atoms with van der Waals surface area (Å²) in [6.45, 7) is 4.88. The summed E-state index contributed by atoms with van der Waals surface area (Å²) in [5.74, 6) is 0.963. The van der Waals surface area contributed by atoms with Crippen LogP contribution >= 0.6 is 0 Å². The van der Waals surface area contributed by atoms with E-state index in [1.54, 1.807) is 7.11 Å². The van der Waals surface area contributed by atoms with Gasteiger partial charge in [-0.1, -0.05) is 6.42 Å². The minimum atomic E-state index is 0.366. The summed E-state index contributed by atoms with van der Waals surface area (Å²) in [6, 6.07) is 0.479. The van der Waals surface area contributed by atoms with E-state index in [1.165, 1.54) is 19.3 Å². The monoisotopic (exact) mass is 211 g/mol. The molecule has 2 aliphatic rings. The van der Waals surface area contributed by atoms with E-state index >= 15 is 0 Å². The highest BCUT2D eigenvalue weighted by Crippen LogP contribution is 2.40. The fourth-order valence-electron chi connectivity index (χ4n) is 2.29. The number of nitrogens with one attached hydrogen (secondary N) is 2. The van der Waals surface area contributed by atoms with Crippen molar-refractivity contribution in [2.75, 3.05) is 26.8 Å². The average Bonchev–Trinajstić information content (AvgIpc) is 2.56. The van der Waals surface area contributed by atoms with E-state index in [0.29, 0.717) is 11.5 Å². The molecule has 0 aromatic rings. The third-order valence-corrected chi connectivity index (χ3v) is 3.40. The van der Waals surface area contributed by atoms with Crippen molar-refractivity contribution in [1.82, 2.24) is 10.6 Å². The van der Waals surface area contributed by atoms with Crippen LogP contribution in [-0.2, 0) is 4.74 Å². The average molecular weight is 211 g/mol. The van der Waals surface area contributed by atoms with Gasteiger partial charge in [-0.05, 0) is 19.8 Å². The lowest BCUT2D eigenvalue weighted by Gasteiger charge is -2.41. The van der Waals surface area contributed by atoms with Gasteiger partial charge in [-0.3, -0.25) is 4.99 Å². The van der Waals surface area contributed by atoms with E-state index in [1.807, 2.05) is 0 Å². The predicted octanol–water partition coefficient (Wildman–Crippen LogP) is 0.740. The van der Waals surface area contributed by atoms with Crippen molar-refractivity contribution in [2.45, 2.75) is 32.2 Å². The molecule has 0 saturated heterocycles. The Morgan fingerprint density at radius 1 is 1.60 bits per heavy atom. The second kappa shape index (κ2) is 4.39. The SMILES string of the molecule is COCC1(CNC2=NCC(C)N2)CCC1. The Hall–Kier alpha value is -0.770. The lowest BCUT2D eigenvalue weighted by Crippen LogP contribution is -2.48. The molecule has 1 aliphatic carbocycles. The van der Waals surface area contributed by atoms with Crippen LogP contribution < -0.4 is 10.6 Å². The highest BCUT2D eigenvalue weighted by Gasteiger charge is 2.37. The van der Waals surface area contributed by atoms with Gasteiger partial charge in [-0.25, -0.2) is 0 Å². The highest BCUT2D eigenvalue weighted by molar-refractivity contribution is 5.81. The molecule has 0 bridgehead atoms.